The third-order valence-corrected chi connectivity index (χ3v) is 3.88. The van der Waals surface area contributed by atoms with Crippen molar-refractivity contribution in [2.75, 3.05) is 0 Å². The van der Waals surface area contributed by atoms with E-state index >= 15 is 0 Å². The van der Waals surface area contributed by atoms with Gasteiger partial charge in [0.15, 0.2) is 5.58 Å². The highest BCUT2D eigenvalue weighted by molar-refractivity contribution is 7.13. The third-order valence-electron chi connectivity index (χ3n) is 3.02. The zero-order chi connectivity index (χ0) is 15.1. The summed E-state index contributed by atoms with van der Waals surface area (Å²) in [4.78, 5) is 16.7. The van der Waals surface area contributed by atoms with Crippen LogP contribution in [0, 0.1) is 5.82 Å². The molecule has 0 radical (unpaired) electrons. The lowest BCUT2D eigenvalue weighted by atomic mass is 10.3. The van der Waals surface area contributed by atoms with Gasteiger partial charge in [-0.05, 0) is 23.6 Å². The first kappa shape index (κ1) is 13.0. The summed E-state index contributed by atoms with van der Waals surface area (Å²) in [5.74, 6) is -0.487. The molecular weight excluding hydrogens is 309 g/mol. The average molecular weight is 317 g/mol. The number of hydrogen-bond acceptors (Lipinski definition) is 6. The first-order valence-corrected chi connectivity index (χ1v) is 7.24. The number of thiophene rings is 1. The number of benzene rings is 1. The van der Waals surface area contributed by atoms with Gasteiger partial charge in [-0.1, -0.05) is 6.07 Å². The summed E-state index contributed by atoms with van der Waals surface area (Å²) < 4.78 is 24.8. The van der Waals surface area contributed by atoms with Gasteiger partial charge in [-0.2, -0.15) is 4.68 Å². The SMILES string of the molecule is O=c1oc(-c2cccs2)nn1Cc1nc2cc(F)ccc2o1. The monoisotopic (exact) mass is 317 g/mol. The van der Waals surface area contributed by atoms with Gasteiger partial charge in [0.2, 0.25) is 5.89 Å². The summed E-state index contributed by atoms with van der Waals surface area (Å²) in [6, 6.07) is 7.69. The zero-order valence-corrected chi connectivity index (χ0v) is 11.8. The van der Waals surface area contributed by atoms with Crippen LogP contribution in [0.25, 0.3) is 21.9 Å². The molecule has 0 spiro atoms. The maximum atomic E-state index is 13.1. The minimum Gasteiger partial charge on any atom is -0.439 e. The van der Waals surface area contributed by atoms with E-state index in [9.17, 15) is 9.18 Å². The Morgan fingerprint density at radius 3 is 3.00 bits per heavy atom. The molecule has 0 aliphatic carbocycles. The standard InChI is InChI=1S/C14H8FN3O3S/c15-8-3-4-10-9(6-8)16-12(20-10)7-18-14(19)21-13(17-18)11-2-1-5-22-11/h1-6H,7H2. The Bertz CT molecular complexity index is 1000. The Morgan fingerprint density at radius 2 is 2.18 bits per heavy atom. The predicted molar refractivity (Wildman–Crippen MR) is 77.1 cm³/mol. The highest BCUT2D eigenvalue weighted by atomic mass is 32.1. The fraction of sp³-hybridized carbons (Fsp3) is 0.0714. The molecule has 0 unspecified atom stereocenters. The van der Waals surface area contributed by atoms with Gasteiger partial charge in [0.05, 0.1) is 4.88 Å². The average Bonchev–Trinajstić information content (AvgIpc) is 3.19. The largest absolute Gasteiger partial charge is 0.439 e. The summed E-state index contributed by atoms with van der Waals surface area (Å²) in [7, 11) is 0. The topological polar surface area (TPSA) is 74.1 Å². The lowest BCUT2D eigenvalue weighted by Crippen LogP contribution is -2.16. The second-order valence-electron chi connectivity index (χ2n) is 4.53. The van der Waals surface area contributed by atoms with Crippen molar-refractivity contribution in [1.29, 1.82) is 0 Å². The van der Waals surface area contributed by atoms with E-state index in [1.54, 1.807) is 0 Å². The van der Waals surface area contributed by atoms with Crippen LogP contribution in [-0.4, -0.2) is 14.8 Å². The molecule has 0 saturated heterocycles. The Balaban J connectivity index is 1.69. The van der Waals surface area contributed by atoms with Gasteiger partial charge >= 0.3 is 5.76 Å². The smallest absolute Gasteiger partial charge is 0.437 e. The van der Waals surface area contributed by atoms with E-state index < -0.39 is 11.6 Å². The van der Waals surface area contributed by atoms with Gasteiger partial charge in [-0.15, -0.1) is 16.4 Å². The Hall–Kier alpha value is -2.74. The highest BCUT2D eigenvalue weighted by Gasteiger charge is 2.14. The molecule has 6 nitrogen and oxygen atoms in total. The van der Waals surface area contributed by atoms with Crippen molar-refractivity contribution in [3.05, 3.63) is 58.0 Å². The van der Waals surface area contributed by atoms with Crippen LogP contribution in [0.3, 0.4) is 0 Å². The first-order chi connectivity index (χ1) is 10.7. The van der Waals surface area contributed by atoms with Crippen molar-refractivity contribution < 1.29 is 13.2 Å². The van der Waals surface area contributed by atoms with Crippen molar-refractivity contribution in [1.82, 2.24) is 14.8 Å². The van der Waals surface area contributed by atoms with E-state index in [1.165, 1.54) is 29.5 Å². The van der Waals surface area contributed by atoms with Gasteiger partial charge in [0.25, 0.3) is 5.89 Å². The van der Waals surface area contributed by atoms with Gasteiger partial charge in [-0.25, -0.2) is 14.2 Å². The Kier molecular flexibility index (Phi) is 2.90. The molecule has 110 valence electrons. The predicted octanol–water partition coefficient (Wildman–Crippen LogP) is 2.89. The van der Waals surface area contributed by atoms with E-state index in [0.717, 1.165) is 9.56 Å². The van der Waals surface area contributed by atoms with Crippen molar-refractivity contribution in [2.45, 2.75) is 6.54 Å². The summed E-state index contributed by atoms with van der Waals surface area (Å²) in [6.07, 6.45) is 0. The minimum atomic E-state index is -0.600. The van der Waals surface area contributed by atoms with Gasteiger partial charge in [0.1, 0.15) is 17.9 Å². The quantitative estimate of drug-likeness (QED) is 0.581. The molecule has 0 amide bonds. The molecule has 0 aliphatic rings. The molecule has 3 aromatic heterocycles. The van der Waals surface area contributed by atoms with Crippen molar-refractivity contribution >= 4 is 22.4 Å². The Labute approximate surface area is 126 Å². The van der Waals surface area contributed by atoms with Crippen LogP contribution in [0.2, 0.25) is 0 Å². The molecule has 1 aromatic carbocycles. The van der Waals surface area contributed by atoms with Crippen LogP contribution in [0.5, 0.6) is 0 Å². The third kappa shape index (κ3) is 2.23. The van der Waals surface area contributed by atoms with E-state index in [4.69, 9.17) is 8.83 Å². The number of aromatic nitrogens is 3. The van der Waals surface area contributed by atoms with E-state index in [0.29, 0.717) is 11.1 Å². The van der Waals surface area contributed by atoms with Gasteiger partial charge in [0, 0.05) is 6.07 Å². The normalized spacial score (nSPS) is 11.3. The number of nitrogens with zero attached hydrogens (tertiary/aromatic N) is 3. The summed E-state index contributed by atoms with van der Waals surface area (Å²) in [5, 5.41) is 5.97. The number of oxazole rings is 1. The number of hydrogen-bond donors (Lipinski definition) is 0. The van der Waals surface area contributed by atoms with Crippen LogP contribution >= 0.6 is 11.3 Å². The second kappa shape index (κ2) is 4.92. The van der Waals surface area contributed by atoms with Gasteiger partial charge in [-0.3, -0.25) is 0 Å². The summed E-state index contributed by atoms with van der Waals surface area (Å²) >= 11 is 1.42. The molecule has 0 atom stereocenters. The van der Waals surface area contributed by atoms with Crippen molar-refractivity contribution in [2.24, 2.45) is 0 Å². The van der Waals surface area contributed by atoms with Crippen LogP contribution in [0.15, 0.2) is 49.3 Å². The fourth-order valence-corrected chi connectivity index (χ4v) is 2.69. The maximum Gasteiger partial charge on any atom is 0.437 e. The fourth-order valence-electron chi connectivity index (χ4n) is 2.05. The van der Waals surface area contributed by atoms with Crippen LogP contribution in [0.1, 0.15) is 5.89 Å². The number of rotatable bonds is 3. The molecule has 0 aliphatic heterocycles. The summed E-state index contributed by atoms with van der Waals surface area (Å²) in [5.41, 5.74) is 0.844. The highest BCUT2D eigenvalue weighted by Crippen LogP contribution is 2.21. The zero-order valence-electron chi connectivity index (χ0n) is 11.0. The van der Waals surface area contributed by atoms with Crippen molar-refractivity contribution in [3.63, 3.8) is 0 Å². The van der Waals surface area contributed by atoms with E-state index in [1.807, 2.05) is 17.5 Å². The lowest BCUT2D eigenvalue weighted by molar-refractivity contribution is 0.454. The Morgan fingerprint density at radius 1 is 1.27 bits per heavy atom. The molecule has 0 N–H and O–H groups in total. The molecule has 22 heavy (non-hydrogen) atoms. The van der Waals surface area contributed by atoms with E-state index in [-0.39, 0.29) is 18.3 Å². The van der Waals surface area contributed by atoms with Crippen LogP contribution in [0.4, 0.5) is 4.39 Å². The first-order valence-electron chi connectivity index (χ1n) is 6.36. The van der Waals surface area contributed by atoms with Gasteiger partial charge < -0.3 is 8.83 Å². The molecule has 0 fully saturated rings. The minimum absolute atomic E-state index is 0.0179. The molecule has 4 rings (SSSR count). The summed E-state index contributed by atoms with van der Waals surface area (Å²) in [6.45, 7) is 0.0179. The molecule has 4 aromatic rings. The number of fused-ring (bicyclic) bond motifs is 1. The molecule has 3 heterocycles. The lowest BCUT2D eigenvalue weighted by Gasteiger charge is -1.91. The van der Waals surface area contributed by atoms with Crippen molar-refractivity contribution in [3.8, 4) is 10.8 Å². The number of halogens is 1. The molecule has 0 bridgehead atoms. The molecule has 8 heteroatoms. The van der Waals surface area contributed by atoms with Crippen LogP contribution in [-0.2, 0) is 6.54 Å². The van der Waals surface area contributed by atoms with Crippen LogP contribution < -0.4 is 5.76 Å². The maximum absolute atomic E-state index is 13.1. The molecular formula is C14H8FN3O3S. The second-order valence-corrected chi connectivity index (χ2v) is 5.48. The van der Waals surface area contributed by atoms with E-state index in [2.05, 4.69) is 10.1 Å². The molecule has 0 saturated carbocycles.